The molecular formula is C30H52O14. The molecular weight excluding hydrogens is 584 g/mol. The van der Waals surface area contributed by atoms with Gasteiger partial charge in [-0.05, 0) is 12.1 Å². The van der Waals surface area contributed by atoms with E-state index in [1.165, 1.54) is 0 Å². The van der Waals surface area contributed by atoms with Gasteiger partial charge in [-0.1, -0.05) is 18.2 Å². The molecule has 0 saturated heterocycles. The second-order valence-electron chi connectivity index (χ2n) is 8.73. The van der Waals surface area contributed by atoms with E-state index in [9.17, 15) is 4.79 Å². The van der Waals surface area contributed by atoms with Crippen LogP contribution in [0.3, 0.4) is 0 Å². The number of rotatable bonds is 36. The molecule has 0 bridgehead atoms. The van der Waals surface area contributed by atoms with Crippen molar-refractivity contribution >= 4 is 5.97 Å². The molecule has 0 atom stereocenters. The Morgan fingerprint density at radius 3 is 0.909 bits per heavy atom. The van der Waals surface area contributed by atoms with Gasteiger partial charge in [0.1, 0.15) is 19.0 Å². The first kappa shape index (κ1) is 40.1. The van der Waals surface area contributed by atoms with Gasteiger partial charge in [-0.15, -0.1) is 0 Å². The maximum Gasteiger partial charge on any atom is 0.329 e. The van der Waals surface area contributed by atoms with Gasteiger partial charge in [0.15, 0.2) is 0 Å². The first-order valence-corrected chi connectivity index (χ1v) is 15.0. The summed E-state index contributed by atoms with van der Waals surface area (Å²) >= 11 is 0. The van der Waals surface area contributed by atoms with E-state index in [1.54, 1.807) is 0 Å². The van der Waals surface area contributed by atoms with Crippen LogP contribution in [0.2, 0.25) is 0 Å². The van der Waals surface area contributed by atoms with Crippen molar-refractivity contribution in [2.45, 2.75) is 0 Å². The lowest BCUT2D eigenvalue weighted by Crippen LogP contribution is -2.15. The molecule has 1 rings (SSSR count). The van der Waals surface area contributed by atoms with Gasteiger partial charge in [0.2, 0.25) is 0 Å². The van der Waals surface area contributed by atoms with Gasteiger partial charge in [0.05, 0.1) is 139 Å². The molecule has 0 fully saturated rings. The van der Waals surface area contributed by atoms with Gasteiger partial charge in [-0.3, -0.25) is 0 Å². The van der Waals surface area contributed by atoms with Crippen LogP contribution in [0, 0.1) is 0 Å². The van der Waals surface area contributed by atoms with Crippen molar-refractivity contribution < 1.29 is 66.7 Å². The van der Waals surface area contributed by atoms with Gasteiger partial charge < -0.3 is 61.9 Å². The normalized spacial score (nSPS) is 11.3. The van der Waals surface area contributed by atoms with Crippen LogP contribution < -0.4 is 4.74 Å². The molecule has 0 radical (unpaired) electrons. The molecule has 1 aromatic carbocycles. The fraction of sp³-hybridized carbons (Fsp3) is 0.767. The van der Waals surface area contributed by atoms with Crippen LogP contribution in [0.1, 0.15) is 0 Å². The summed E-state index contributed by atoms with van der Waals surface area (Å²) in [5.74, 6) is -0.157. The second kappa shape index (κ2) is 33.9. The minimum Gasteiger partial charge on any atom is -0.491 e. The Kier molecular flexibility index (Phi) is 30.9. The van der Waals surface area contributed by atoms with Gasteiger partial charge in [0.25, 0.3) is 0 Å². The lowest BCUT2D eigenvalue weighted by Gasteiger charge is -2.09. The van der Waals surface area contributed by atoms with Crippen LogP contribution in [0.25, 0.3) is 0 Å². The molecule has 0 aliphatic carbocycles. The van der Waals surface area contributed by atoms with Crippen molar-refractivity contribution in [2.75, 3.05) is 152 Å². The lowest BCUT2D eigenvalue weighted by atomic mass is 10.3. The average Bonchev–Trinajstić information content (AvgIpc) is 3.03. The zero-order chi connectivity index (χ0) is 31.4. The molecule has 1 aromatic rings. The van der Waals surface area contributed by atoms with Crippen molar-refractivity contribution in [3.8, 4) is 5.75 Å². The quantitative estimate of drug-likeness (QED) is 0.106. The zero-order valence-electron chi connectivity index (χ0n) is 25.9. The number of aliphatic carboxylic acids is 1. The average molecular weight is 637 g/mol. The third-order valence-corrected chi connectivity index (χ3v) is 5.19. The molecule has 0 saturated carbocycles. The van der Waals surface area contributed by atoms with E-state index in [2.05, 4.69) is 0 Å². The molecule has 0 spiro atoms. The van der Waals surface area contributed by atoms with Gasteiger partial charge in [0, 0.05) is 0 Å². The smallest absolute Gasteiger partial charge is 0.329 e. The molecule has 0 amide bonds. The Hall–Kier alpha value is -1.95. The van der Waals surface area contributed by atoms with Gasteiger partial charge in [-0.2, -0.15) is 0 Å². The first-order valence-electron chi connectivity index (χ1n) is 15.0. The molecule has 14 heteroatoms. The summed E-state index contributed by atoms with van der Waals surface area (Å²) in [4.78, 5) is 10.3. The van der Waals surface area contributed by atoms with E-state index in [1.807, 2.05) is 30.3 Å². The highest BCUT2D eigenvalue weighted by atomic mass is 16.6. The van der Waals surface area contributed by atoms with Gasteiger partial charge >= 0.3 is 5.97 Å². The van der Waals surface area contributed by atoms with E-state index in [-0.39, 0.29) is 13.2 Å². The van der Waals surface area contributed by atoms with Crippen LogP contribution in [0.15, 0.2) is 30.3 Å². The molecule has 14 nitrogen and oxygen atoms in total. The third kappa shape index (κ3) is 31.5. The van der Waals surface area contributed by atoms with E-state index >= 15 is 0 Å². The third-order valence-electron chi connectivity index (χ3n) is 5.19. The van der Waals surface area contributed by atoms with Crippen molar-refractivity contribution in [3.05, 3.63) is 30.3 Å². The van der Waals surface area contributed by atoms with Crippen molar-refractivity contribution in [1.29, 1.82) is 0 Å². The van der Waals surface area contributed by atoms with E-state index in [0.29, 0.717) is 139 Å². The summed E-state index contributed by atoms with van der Waals surface area (Å²) < 4.78 is 64.6. The van der Waals surface area contributed by atoms with E-state index in [0.717, 1.165) is 5.75 Å². The summed E-state index contributed by atoms with van der Waals surface area (Å²) in [5, 5.41) is 8.42. The van der Waals surface area contributed by atoms with E-state index < -0.39 is 5.97 Å². The molecule has 0 heterocycles. The maximum atomic E-state index is 10.3. The predicted octanol–water partition coefficient (Wildman–Crippen LogP) is 1.33. The molecule has 44 heavy (non-hydrogen) atoms. The molecule has 0 unspecified atom stereocenters. The number of hydrogen-bond donors (Lipinski definition) is 1. The van der Waals surface area contributed by atoms with E-state index in [4.69, 9.17) is 61.9 Å². The number of carboxylic acid groups (broad SMARTS) is 1. The molecule has 0 aromatic heterocycles. The van der Waals surface area contributed by atoms with Crippen molar-refractivity contribution in [2.24, 2.45) is 0 Å². The highest BCUT2D eigenvalue weighted by molar-refractivity contribution is 5.67. The van der Waals surface area contributed by atoms with Crippen LogP contribution in [-0.2, 0) is 56.9 Å². The predicted molar refractivity (Wildman–Crippen MR) is 159 cm³/mol. The van der Waals surface area contributed by atoms with Crippen LogP contribution in [-0.4, -0.2) is 163 Å². The highest BCUT2D eigenvalue weighted by Crippen LogP contribution is 2.07. The molecule has 1 N–H and O–H groups in total. The molecule has 256 valence electrons. The topological polar surface area (TPSA) is 148 Å². The highest BCUT2D eigenvalue weighted by Gasteiger charge is 1.98. The Balaban J connectivity index is 1.61. The summed E-state index contributed by atoms with van der Waals surface area (Å²) in [7, 11) is 0. The minimum absolute atomic E-state index is 0.241. The Morgan fingerprint density at radius 2 is 0.636 bits per heavy atom. The zero-order valence-corrected chi connectivity index (χ0v) is 25.9. The number of carbonyl (C=O) groups is 1. The summed E-state index contributed by atoms with van der Waals surface area (Å²) in [6, 6.07) is 9.65. The number of ether oxygens (including phenoxy) is 12. The number of para-hydroxylation sites is 1. The standard InChI is InChI=1S/C30H52O14/c31-30(32)28-43-25-24-41-21-20-39-17-16-37-13-12-35-9-8-33-6-7-34-10-11-36-14-15-38-18-19-40-22-23-42-26-27-44-29-4-2-1-3-5-29/h1-5H,6-28H2,(H,31,32). The fourth-order valence-electron chi connectivity index (χ4n) is 3.09. The fourth-order valence-corrected chi connectivity index (χ4v) is 3.09. The Bertz CT molecular complexity index is 712. The number of benzene rings is 1. The molecule has 0 aliphatic heterocycles. The lowest BCUT2D eigenvalue weighted by molar-refractivity contribution is -0.142. The number of hydrogen-bond acceptors (Lipinski definition) is 13. The second-order valence-corrected chi connectivity index (χ2v) is 8.73. The molecule has 0 aliphatic rings. The minimum atomic E-state index is -0.996. The van der Waals surface area contributed by atoms with Crippen LogP contribution in [0.5, 0.6) is 5.75 Å². The maximum absolute atomic E-state index is 10.3. The first-order chi connectivity index (χ1) is 21.8. The summed E-state index contributed by atoms with van der Waals surface area (Å²) in [6.45, 7) is 10.0. The Morgan fingerprint density at radius 1 is 0.386 bits per heavy atom. The number of carboxylic acids is 1. The largest absolute Gasteiger partial charge is 0.491 e. The van der Waals surface area contributed by atoms with Gasteiger partial charge in [-0.25, -0.2) is 4.79 Å². The van der Waals surface area contributed by atoms with Crippen molar-refractivity contribution in [1.82, 2.24) is 0 Å². The van der Waals surface area contributed by atoms with Crippen LogP contribution >= 0.6 is 0 Å². The van der Waals surface area contributed by atoms with Crippen LogP contribution in [0.4, 0.5) is 0 Å². The summed E-state index contributed by atoms with van der Waals surface area (Å²) in [6.07, 6.45) is 0. The monoisotopic (exact) mass is 636 g/mol. The summed E-state index contributed by atoms with van der Waals surface area (Å²) in [5.41, 5.74) is 0. The van der Waals surface area contributed by atoms with Crippen molar-refractivity contribution in [3.63, 3.8) is 0 Å². The Labute approximate surface area is 261 Å². The SMILES string of the molecule is O=C(O)COCCOCCOCCOCCOCCOCCOCCOCCOCCOCCOCCOc1ccccc1.